The first-order chi connectivity index (χ1) is 11.2. The summed E-state index contributed by atoms with van der Waals surface area (Å²) in [6.07, 6.45) is -0.197. The second-order valence-electron chi connectivity index (χ2n) is 5.44. The van der Waals surface area contributed by atoms with E-state index in [0.29, 0.717) is 17.4 Å². The number of rotatable bonds is 8. The van der Waals surface area contributed by atoms with E-state index < -0.39 is 21.0 Å². The molecule has 1 aromatic rings. The number of amides is 1. The van der Waals surface area contributed by atoms with Gasteiger partial charge in [0.15, 0.2) is 0 Å². The maximum Gasteiger partial charge on any atom is 0.427 e. The number of hydrogen-bond acceptors (Lipinski definition) is 6. The summed E-state index contributed by atoms with van der Waals surface area (Å²) in [5, 5.41) is 13.1. The second-order valence-corrected chi connectivity index (χ2v) is 7.27. The molecule has 0 bridgehead atoms. The molecule has 0 aliphatic rings. The van der Waals surface area contributed by atoms with Crippen LogP contribution in [0.3, 0.4) is 0 Å². The van der Waals surface area contributed by atoms with Crippen molar-refractivity contribution in [2.45, 2.75) is 32.1 Å². The topological polar surface area (TPSA) is 119 Å². The molecule has 1 aromatic carbocycles. The molecule has 0 unspecified atom stereocenters. The summed E-state index contributed by atoms with van der Waals surface area (Å²) in [6, 6.07) is 4.37. The molecule has 10 heteroatoms. The molecule has 0 saturated carbocycles. The highest BCUT2D eigenvalue weighted by molar-refractivity contribution is 7.89. The fraction of sp³-hybridized carbons (Fsp3) is 0.500. The Morgan fingerprint density at radius 3 is 2.38 bits per heavy atom. The fourth-order valence-electron chi connectivity index (χ4n) is 1.69. The summed E-state index contributed by atoms with van der Waals surface area (Å²) < 4.78 is 25.8. The van der Waals surface area contributed by atoms with Crippen molar-refractivity contribution in [1.82, 2.24) is 9.79 Å². The third-order valence-electron chi connectivity index (χ3n) is 2.83. The molecule has 0 atom stereocenters. The van der Waals surface area contributed by atoms with Crippen LogP contribution in [0, 0.1) is 16.0 Å². The van der Waals surface area contributed by atoms with Gasteiger partial charge in [0.1, 0.15) is 0 Å². The molecular weight excluding hydrogens is 338 g/mol. The number of non-ortho nitro benzene ring substituents is 1. The zero-order chi connectivity index (χ0) is 18.3. The van der Waals surface area contributed by atoms with Gasteiger partial charge in [-0.1, -0.05) is 20.8 Å². The van der Waals surface area contributed by atoms with Crippen LogP contribution >= 0.6 is 0 Å². The van der Waals surface area contributed by atoms with Crippen molar-refractivity contribution >= 4 is 21.8 Å². The van der Waals surface area contributed by atoms with Gasteiger partial charge in [-0.25, -0.2) is 13.2 Å². The van der Waals surface area contributed by atoms with Crippen LogP contribution in [0.2, 0.25) is 0 Å². The van der Waals surface area contributed by atoms with E-state index in [0.717, 1.165) is 24.3 Å². The van der Waals surface area contributed by atoms with E-state index in [1.165, 1.54) is 0 Å². The molecule has 0 radical (unpaired) electrons. The van der Waals surface area contributed by atoms with Crippen molar-refractivity contribution in [2.24, 2.45) is 5.92 Å². The predicted octanol–water partition coefficient (Wildman–Crippen LogP) is 2.29. The van der Waals surface area contributed by atoms with E-state index >= 15 is 0 Å². The zero-order valence-corrected chi connectivity index (χ0v) is 14.6. The predicted molar refractivity (Wildman–Crippen MR) is 86.6 cm³/mol. The number of benzene rings is 1. The van der Waals surface area contributed by atoms with Crippen LogP contribution in [-0.4, -0.2) is 37.0 Å². The quantitative estimate of drug-likeness (QED) is 0.562. The summed E-state index contributed by atoms with van der Waals surface area (Å²) in [5.41, 5.74) is -0.231. The molecule has 0 fully saturated rings. The number of nitro benzene ring substituents is 1. The molecule has 24 heavy (non-hydrogen) atoms. The second kappa shape index (κ2) is 8.60. The number of hydrogen-bond donors (Lipinski definition) is 1. The third kappa shape index (κ3) is 5.46. The molecule has 0 heterocycles. The van der Waals surface area contributed by atoms with Gasteiger partial charge in [-0.3, -0.25) is 10.1 Å². The lowest BCUT2D eigenvalue weighted by atomic mass is 10.2. The first-order valence-corrected chi connectivity index (χ1v) is 8.85. The Hall–Kier alpha value is -2.20. The average Bonchev–Trinajstić information content (AvgIpc) is 2.51. The summed E-state index contributed by atoms with van der Waals surface area (Å²) >= 11 is 0. The van der Waals surface area contributed by atoms with Crippen LogP contribution in [0.25, 0.3) is 0 Å². The van der Waals surface area contributed by atoms with Crippen molar-refractivity contribution in [1.29, 1.82) is 0 Å². The van der Waals surface area contributed by atoms with Crippen LogP contribution in [0.1, 0.15) is 27.2 Å². The highest BCUT2D eigenvalue weighted by Gasteiger charge is 2.29. The molecule has 1 amide bonds. The summed E-state index contributed by atoms with van der Waals surface area (Å²) in [4.78, 5) is 26.4. The number of sulfonamides is 1. The van der Waals surface area contributed by atoms with E-state index in [9.17, 15) is 23.3 Å². The third-order valence-corrected chi connectivity index (χ3v) is 4.46. The Bertz CT molecular complexity index is 672. The number of carbonyl (C=O) groups is 1. The van der Waals surface area contributed by atoms with Crippen LogP contribution in [0.4, 0.5) is 10.5 Å². The van der Waals surface area contributed by atoms with Gasteiger partial charge >= 0.3 is 6.09 Å². The van der Waals surface area contributed by atoms with Crippen molar-refractivity contribution in [3.8, 4) is 0 Å². The molecule has 9 nitrogen and oxygen atoms in total. The molecule has 0 aliphatic carbocycles. The summed E-state index contributed by atoms with van der Waals surface area (Å²) in [6.45, 7) is 5.70. The number of hydroxylamine groups is 1. The number of nitrogens with zero attached hydrogens (tertiary/aromatic N) is 2. The van der Waals surface area contributed by atoms with Gasteiger partial charge in [-0.05, 0) is 28.9 Å². The van der Waals surface area contributed by atoms with Gasteiger partial charge in [-0.2, -0.15) is 0 Å². The van der Waals surface area contributed by atoms with Crippen molar-refractivity contribution < 1.29 is 23.0 Å². The standard InChI is InChI=1S/C14H21N3O6S/c1-4-9-15-14(18)23-16(10-11(2)3)24(21,22)13-7-5-12(6-8-13)17(19)20/h5-8,11H,4,9-10H2,1-3H3,(H,15,18). The molecular formula is C14H21N3O6S. The Kier molecular flexibility index (Phi) is 7.11. The SMILES string of the molecule is CCCNC(=O)ON(CC(C)C)S(=O)(=O)c1ccc([N+](=O)[O-])cc1. The lowest BCUT2D eigenvalue weighted by Crippen LogP contribution is -2.40. The first kappa shape index (κ1) is 19.8. The Morgan fingerprint density at radius 2 is 1.92 bits per heavy atom. The summed E-state index contributed by atoms with van der Waals surface area (Å²) in [5.74, 6) is -0.100. The molecule has 0 aliphatic heterocycles. The number of nitrogens with one attached hydrogen (secondary N) is 1. The minimum absolute atomic E-state index is 0.0428. The lowest BCUT2D eigenvalue weighted by molar-refractivity contribution is -0.384. The molecule has 0 aromatic heterocycles. The van der Waals surface area contributed by atoms with E-state index in [2.05, 4.69) is 5.32 Å². The van der Waals surface area contributed by atoms with E-state index in [4.69, 9.17) is 4.84 Å². The highest BCUT2D eigenvalue weighted by Crippen LogP contribution is 2.21. The number of carbonyl (C=O) groups excluding carboxylic acids is 1. The smallest absolute Gasteiger partial charge is 0.335 e. The average molecular weight is 359 g/mol. The van der Waals surface area contributed by atoms with Gasteiger partial charge in [0, 0.05) is 18.7 Å². The normalized spacial score (nSPS) is 11.5. The van der Waals surface area contributed by atoms with Gasteiger partial charge < -0.3 is 10.2 Å². The maximum absolute atomic E-state index is 12.6. The van der Waals surface area contributed by atoms with Crippen molar-refractivity contribution in [2.75, 3.05) is 13.1 Å². The minimum atomic E-state index is -4.13. The monoisotopic (exact) mass is 359 g/mol. The first-order valence-electron chi connectivity index (χ1n) is 7.41. The van der Waals surface area contributed by atoms with Crippen molar-refractivity contribution in [3.63, 3.8) is 0 Å². The Balaban J connectivity index is 3.05. The highest BCUT2D eigenvalue weighted by atomic mass is 32.2. The van der Waals surface area contributed by atoms with Crippen LogP contribution in [0.15, 0.2) is 29.2 Å². The Morgan fingerprint density at radius 1 is 1.33 bits per heavy atom. The van der Waals surface area contributed by atoms with Crippen LogP contribution < -0.4 is 5.32 Å². The number of nitro groups is 1. The fourth-order valence-corrected chi connectivity index (χ4v) is 3.07. The van der Waals surface area contributed by atoms with E-state index in [1.807, 2.05) is 6.92 Å². The molecule has 134 valence electrons. The summed E-state index contributed by atoms with van der Waals surface area (Å²) in [7, 11) is -4.13. The van der Waals surface area contributed by atoms with Crippen LogP contribution in [0.5, 0.6) is 0 Å². The molecule has 1 N–H and O–H groups in total. The van der Waals surface area contributed by atoms with E-state index in [1.54, 1.807) is 13.8 Å². The largest absolute Gasteiger partial charge is 0.427 e. The molecule has 0 saturated heterocycles. The van der Waals surface area contributed by atoms with Crippen molar-refractivity contribution in [3.05, 3.63) is 34.4 Å². The minimum Gasteiger partial charge on any atom is -0.335 e. The maximum atomic E-state index is 12.6. The van der Waals surface area contributed by atoms with Gasteiger partial charge in [0.25, 0.3) is 15.7 Å². The molecule has 1 rings (SSSR count). The van der Waals surface area contributed by atoms with Gasteiger partial charge in [0.05, 0.1) is 16.4 Å². The van der Waals surface area contributed by atoms with E-state index in [-0.39, 0.29) is 23.0 Å². The lowest BCUT2D eigenvalue weighted by Gasteiger charge is -2.22. The zero-order valence-electron chi connectivity index (χ0n) is 13.8. The van der Waals surface area contributed by atoms with Crippen LogP contribution in [-0.2, 0) is 14.9 Å². The molecule has 0 spiro atoms. The Labute approximate surface area is 140 Å². The van der Waals surface area contributed by atoms with Gasteiger partial charge in [0.2, 0.25) is 0 Å². The van der Waals surface area contributed by atoms with Gasteiger partial charge in [-0.15, -0.1) is 0 Å².